The van der Waals surface area contributed by atoms with E-state index in [1.165, 1.54) is 0 Å². The van der Waals surface area contributed by atoms with Crippen molar-refractivity contribution in [2.45, 2.75) is 12.2 Å². The second-order valence-electron chi connectivity index (χ2n) is 1.50. The molecule has 0 aliphatic rings. The molecule has 0 aromatic carbocycles. The van der Waals surface area contributed by atoms with E-state index in [0.717, 1.165) is 0 Å². The first-order valence-electron chi connectivity index (χ1n) is 2.30. The molecule has 0 bridgehead atoms. The Bertz CT molecular complexity index is 52.5. The summed E-state index contributed by atoms with van der Waals surface area (Å²) in [5.41, 5.74) is 0. The fourth-order valence-corrected chi connectivity index (χ4v) is 0.243. The van der Waals surface area contributed by atoms with Gasteiger partial charge >= 0.3 is 0 Å². The molecule has 0 spiro atoms. The van der Waals surface area contributed by atoms with Crippen LogP contribution in [-0.4, -0.2) is 45.8 Å². The smallest absolute Gasteiger partial charge is 0.105 e. The molecule has 0 saturated heterocycles. The van der Waals surface area contributed by atoms with Crippen molar-refractivity contribution in [3.05, 3.63) is 0 Å². The van der Waals surface area contributed by atoms with E-state index in [-0.39, 0.29) is 13.5 Å². The van der Waals surface area contributed by atoms with Crippen molar-refractivity contribution in [2.75, 3.05) is 13.2 Å². The minimum Gasteiger partial charge on any atom is -0.394 e. The van der Waals surface area contributed by atoms with Crippen molar-refractivity contribution < 1.29 is 20.4 Å². The van der Waals surface area contributed by atoms with Crippen LogP contribution in [0.3, 0.4) is 0 Å². The Balaban J connectivity index is 0. The highest BCUT2D eigenvalue weighted by Crippen LogP contribution is 1.88. The van der Waals surface area contributed by atoms with E-state index >= 15 is 0 Å². The highest BCUT2D eigenvalue weighted by atomic mass is 32.1. The van der Waals surface area contributed by atoms with Gasteiger partial charge in [-0.2, -0.15) is 13.5 Å². The van der Waals surface area contributed by atoms with Gasteiger partial charge in [0.05, 0.1) is 13.2 Å². The summed E-state index contributed by atoms with van der Waals surface area (Å²) in [5.74, 6) is 0. The molecule has 0 aliphatic carbocycles. The Morgan fingerprint density at radius 1 is 0.889 bits per heavy atom. The van der Waals surface area contributed by atoms with Crippen LogP contribution in [0.15, 0.2) is 0 Å². The summed E-state index contributed by atoms with van der Waals surface area (Å²) in [6.45, 7) is -1.05. The lowest BCUT2D eigenvalue weighted by molar-refractivity contribution is -0.0388. The van der Waals surface area contributed by atoms with E-state index < -0.39 is 25.4 Å². The molecule has 9 heavy (non-hydrogen) atoms. The fourth-order valence-electron chi connectivity index (χ4n) is 0.243. The third-order valence-corrected chi connectivity index (χ3v) is 0.818. The topological polar surface area (TPSA) is 80.9 Å². The maximum Gasteiger partial charge on any atom is 0.105 e. The summed E-state index contributed by atoms with van der Waals surface area (Å²) in [6, 6.07) is 0. The van der Waals surface area contributed by atoms with Crippen molar-refractivity contribution in [3.8, 4) is 0 Å². The van der Waals surface area contributed by atoms with Crippen LogP contribution in [0.1, 0.15) is 0 Å². The van der Waals surface area contributed by atoms with Crippen molar-refractivity contribution in [1.82, 2.24) is 0 Å². The number of rotatable bonds is 3. The second-order valence-corrected chi connectivity index (χ2v) is 1.50. The molecular formula is C4H12O4S. The van der Waals surface area contributed by atoms with Crippen molar-refractivity contribution in [3.63, 3.8) is 0 Å². The number of hydrogen-bond acceptors (Lipinski definition) is 4. The van der Waals surface area contributed by atoms with Crippen LogP contribution in [0.5, 0.6) is 0 Å². The predicted octanol–water partition coefficient (Wildman–Crippen LogP) is -2.19. The second kappa shape index (κ2) is 6.31. The maximum absolute atomic E-state index is 8.47. The lowest BCUT2D eigenvalue weighted by Crippen LogP contribution is -2.31. The first-order chi connectivity index (χ1) is 3.72. The van der Waals surface area contributed by atoms with Crippen LogP contribution in [0.4, 0.5) is 0 Å². The summed E-state index contributed by atoms with van der Waals surface area (Å²) in [7, 11) is 0. The number of hydrogen-bond donors (Lipinski definition) is 4. The molecule has 0 radical (unpaired) electrons. The summed E-state index contributed by atoms with van der Waals surface area (Å²) < 4.78 is 0. The predicted molar refractivity (Wildman–Crippen MR) is 36.6 cm³/mol. The first kappa shape index (κ1) is 11.9. The molecule has 0 aromatic heterocycles. The highest BCUT2D eigenvalue weighted by Gasteiger charge is 2.12. The van der Waals surface area contributed by atoms with Gasteiger partial charge in [-0.1, -0.05) is 0 Å². The summed E-state index contributed by atoms with van der Waals surface area (Å²) in [6.07, 6.45) is -2.44. The third-order valence-electron chi connectivity index (χ3n) is 0.818. The van der Waals surface area contributed by atoms with E-state index in [9.17, 15) is 0 Å². The lowest BCUT2D eigenvalue weighted by Gasteiger charge is -2.10. The molecule has 0 aliphatic heterocycles. The van der Waals surface area contributed by atoms with Crippen molar-refractivity contribution >= 4 is 13.5 Å². The van der Waals surface area contributed by atoms with E-state index in [1.807, 2.05) is 0 Å². The van der Waals surface area contributed by atoms with E-state index in [1.54, 1.807) is 0 Å². The Kier molecular flexibility index (Phi) is 8.36. The summed E-state index contributed by atoms with van der Waals surface area (Å²) in [5, 5.41) is 33.2. The van der Waals surface area contributed by atoms with Gasteiger partial charge in [-0.05, 0) is 0 Å². The molecule has 0 heterocycles. The van der Waals surface area contributed by atoms with E-state index in [4.69, 9.17) is 20.4 Å². The Hall–Kier alpha value is 0.190. The van der Waals surface area contributed by atoms with E-state index in [2.05, 4.69) is 0 Å². The van der Waals surface area contributed by atoms with Gasteiger partial charge in [-0.25, -0.2) is 0 Å². The van der Waals surface area contributed by atoms with Crippen LogP contribution < -0.4 is 0 Å². The van der Waals surface area contributed by atoms with Gasteiger partial charge in [0.25, 0.3) is 0 Å². The van der Waals surface area contributed by atoms with Gasteiger partial charge < -0.3 is 20.4 Å². The molecular weight excluding hydrogens is 144 g/mol. The van der Waals surface area contributed by atoms with Gasteiger partial charge in [-0.15, -0.1) is 0 Å². The number of aliphatic hydroxyl groups is 4. The van der Waals surface area contributed by atoms with Gasteiger partial charge in [0, 0.05) is 0 Å². The van der Waals surface area contributed by atoms with Gasteiger partial charge in [0.15, 0.2) is 0 Å². The quantitative estimate of drug-likeness (QED) is 0.374. The summed E-state index contributed by atoms with van der Waals surface area (Å²) in [4.78, 5) is 0. The van der Waals surface area contributed by atoms with Crippen molar-refractivity contribution in [1.29, 1.82) is 0 Å². The molecule has 0 rings (SSSR count). The van der Waals surface area contributed by atoms with Crippen LogP contribution in [0, 0.1) is 0 Å². The Morgan fingerprint density at radius 2 is 1.11 bits per heavy atom. The zero-order valence-corrected chi connectivity index (χ0v) is 5.86. The molecule has 0 amide bonds. The average molecular weight is 156 g/mol. The monoisotopic (exact) mass is 156 g/mol. The Morgan fingerprint density at radius 3 is 1.22 bits per heavy atom. The molecule has 0 saturated carbocycles. The molecule has 2 atom stereocenters. The third kappa shape index (κ3) is 4.68. The van der Waals surface area contributed by atoms with Crippen LogP contribution in [0.25, 0.3) is 0 Å². The van der Waals surface area contributed by atoms with Crippen molar-refractivity contribution in [2.24, 2.45) is 0 Å². The maximum atomic E-state index is 8.47. The van der Waals surface area contributed by atoms with E-state index in [0.29, 0.717) is 0 Å². The molecule has 58 valence electrons. The standard InChI is InChI=1S/C4H10O4.H2S/c5-1-3(7)4(8)2-6;/h3-8H,1-2H2;1H2. The highest BCUT2D eigenvalue weighted by molar-refractivity contribution is 7.59. The summed E-state index contributed by atoms with van der Waals surface area (Å²) >= 11 is 0. The van der Waals surface area contributed by atoms with Crippen LogP contribution in [-0.2, 0) is 0 Å². The van der Waals surface area contributed by atoms with Gasteiger partial charge in [-0.3, -0.25) is 0 Å². The minimum atomic E-state index is -1.22. The molecule has 2 unspecified atom stereocenters. The first-order valence-corrected chi connectivity index (χ1v) is 2.30. The normalized spacial score (nSPS) is 16.0. The number of aliphatic hydroxyl groups excluding tert-OH is 4. The fraction of sp³-hybridized carbons (Fsp3) is 1.00. The molecule has 4 nitrogen and oxygen atoms in total. The molecule has 0 aromatic rings. The molecule has 4 N–H and O–H groups in total. The molecule has 5 heteroatoms. The van der Waals surface area contributed by atoms with Crippen LogP contribution in [0.2, 0.25) is 0 Å². The zero-order chi connectivity index (χ0) is 6.57. The largest absolute Gasteiger partial charge is 0.394 e. The lowest BCUT2D eigenvalue weighted by atomic mass is 10.2. The van der Waals surface area contributed by atoms with Gasteiger partial charge in [0.1, 0.15) is 12.2 Å². The zero-order valence-electron chi connectivity index (χ0n) is 4.86. The van der Waals surface area contributed by atoms with Gasteiger partial charge in [0.2, 0.25) is 0 Å². The minimum absolute atomic E-state index is 0. The SMILES string of the molecule is OCC(O)C(O)CO.S. The average Bonchev–Trinajstić information content (AvgIpc) is 1.84. The Labute approximate surface area is 60.2 Å². The van der Waals surface area contributed by atoms with Crippen LogP contribution >= 0.6 is 13.5 Å². The molecule has 0 fully saturated rings.